The van der Waals surface area contributed by atoms with Crippen molar-refractivity contribution in [2.24, 2.45) is 5.92 Å². The highest BCUT2D eigenvalue weighted by Crippen LogP contribution is 2.13. The van der Waals surface area contributed by atoms with Crippen molar-refractivity contribution in [3.63, 3.8) is 0 Å². The monoisotopic (exact) mass is 185 g/mol. The first kappa shape index (κ1) is 9.19. The second-order valence-corrected chi connectivity index (χ2v) is 3.77. The third-order valence-corrected chi connectivity index (χ3v) is 2.56. The average molecular weight is 185 g/mol. The van der Waals surface area contributed by atoms with Crippen LogP contribution >= 0.6 is 11.3 Å². The molecular formula is C8H11NO2S. The molecule has 3 nitrogen and oxygen atoms in total. The molecule has 1 heterocycles. The van der Waals surface area contributed by atoms with Crippen LogP contribution in [0.1, 0.15) is 17.6 Å². The Balaban J connectivity index is 2.58. The number of carbonyl (C=O) groups is 1. The van der Waals surface area contributed by atoms with Crippen molar-refractivity contribution in [1.82, 2.24) is 4.98 Å². The summed E-state index contributed by atoms with van der Waals surface area (Å²) in [5.74, 6) is -1.10. The molecule has 1 aromatic rings. The first-order chi connectivity index (χ1) is 5.59. The number of aromatic nitrogens is 1. The largest absolute Gasteiger partial charge is 0.481 e. The number of rotatable bonds is 3. The number of hydrogen-bond acceptors (Lipinski definition) is 3. The summed E-state index contributed by atoms with van der Waals surface area (Å²) in [5.41, 5.74) is 0.965. The van der Waals surface area contributed by atoms with Crippen LogP contribution in [0.25, 0.3) is 0 Å². The zero-order chi connectivity index (χ0) is 9.14. The van der Waals surface area contributed by atoms with Gasteiger partial charge in [-0.25, -0.2) is 4.98 Å². The van der Waals surface area contributed by atoms with Gasteiger partial charge in [-0.15, -0.1) is 11.3 Å². The molecule has 0 aliphatic rings. The van der Waals surface area contributed by atoms with E-state index < -0.39 is 5.97 Å². The van der Waals surface area contributed by atoms with Gasteiger partial charge in [-0.1, -0.05) is 6.92 Å². The zero-order valence-corrected chi connectivity index (χ0v) is 7.89. The van der Waals surface area contributed by atoms with Crippen molar-refractivity contribution in [2.75, 3.05) is 0 Å². The van der Waals surface area contributed by atoms with Crippen molar-refractivity contribution in [3.05, 3.63) is 16.1 Å². The molecule has 1 N–H and O–H groups in total. The first-order valence-electron chi connectivity index (χ1n) is 3.73. The molecule has 1 aromatic heterocycles. The smallest absolute Gasteiger partial charge is 0.306 e. The van der Waals surface area contributed by atoms with Crippen molar-refractivity contribution in [2.45, 2.75) is 20.3 Å². The minimum atomic E-state index is -0.761. The van der Waals surface area contributed by atoms with Crippen LogP contribution in [0.15, 0.2) is 5.38 Å². The summed E-state index contributed by atoms with van der Waals surface area (Å²) in [6.07, 6.45) is 0.536. The van der Waals surface area contributed by atoms with E-state index in [4.69, 9.17) is 5.11 Å². The van der Waals surface area contributed by atoms with Crippen LogP contribution in [0.4, 0.5) is 0 Å². The predicted octanol–water partition coefficient (Wildman–Crippen LogP) is 1.71. The lowest BCUT2D eigenvalue weighted by molar-refractivity contribution is -0.141. The Labute approximate surface area is 75.1 Å². The maximum atomic E-state index is 10.5. The maximum absolute atomic E-state index is 10.5. The number of hydrogen-bond donors (Lipinski definition) is 1. The summed E-state index contributed by atoms with van der Waals surface area (Å²) in [5, 5.41) is 11.5. The van der Waals surface area contributed by atoms with E-state index in [1.165, 1.54) is 11.3 Å². The third kappa shape index (κ3) is 2.30. The highest BCUT2D eigenvalue weighted by atomic mass is 32.1. The van der Waals surface area contributed by atoms with E-state index in [9.17, 15) is 4.79 Å². The zero-order valence-electron chi connectivity index (χ0n) is 7.07. The van der Waals surface area contributed by atoms with Crippen molar-refractivity contribution in [3.8, 4) is 0 Å². The van der Waals surface area contributed by atoms with Crippen LogP contribution in [-0.4, -0.2) is 16.1 Å². The van der Waals surface area contributed by atoms with Gasteiger partial charge in [-0.2, -0.15) is 0 Å². The molecule has 0 aromatic carbocycles. The lowest BCUT2D eigenvalue weighted by atomic mass is 10.1. The molecule has 0 spiro atoms. The van der Waals surface area contributed by atoms with Crippen LogP contribution in [0.3, 0.4) is 0 Å². The van der Waals surface area contributed by atoms with E-state index in [1.807, 2.05) is 12.3 Å². The molecule has 1 rings (SSSR count). The summed E-state index contributed by atoms with van der Waals surface area (Å²) >= 11 is 1.52. The van der Waals surface area contributed by atoms with E-state index >= 15 is 0 Å². The standard InChI is InChI=1S/C8H11NO2S/c1-5(8(10)11)3-7-9-6(2)4-12-7/h4-5H,3H2,1-2H3,(H,10,11). The van der Waals surface area contributed by atoms with Gasteiger partial charge in [0.1, 0.15) is 0 Å². The molecule has 0 amide bonds. The molecule has 0 saturated heterocycles. The summed E-state index contributed by atoms with van der Waals surface area (Å²) < 4.78 is 0. The summed E-state index contributed by atoms with van der Waals surface area (Å²) in [6.45, 7) is 3.60. The van der Waals surface area contributed by atoms with E-state index in [0.717, 1.165) is 10.7 Å². The third-order valence-electron chi connectivity index (χ3n) is 1.57. The topological polar surface area (TPSA) is 50.2 Å². The molecule has 0 saturated carbocycles. The molecule has 0 bridgehead atoms. The number of thiazole rings is 1. The molecule has 0 aliphatic carbocycles. The van der Waals surface area contributed by atoms with Crippen LogP contribution in [0, 0.1) is 12.8 Å². The number of carboxylic acid groups (broad SMARTS) is 1. The van der Waals surface area contributed by atoms with E-state index in [2.05, 4.69) is 4.98 Å². The van der Waals surface area contributed by atoms with E-state index in [-0.39, 0.29) is 5.92 Å². The lowest BCUT2D eigenvalue weighted by Crippen LogP contribution is -2.11. The second-order valence-electron chi connectivity index (χ2n) is 2.83. The Morgan fingerprint density at radius 2 is 2.50 bits per heavy atom. The van der Waals surface area contributed by atoms with E-state index in [1.54, 1.807) is 6.92 Å². The Morgan fingerprint density at radius 3 is 2.92 bits per heavy atom. The fourth-order valence-corrected chi connectivity index (χ4v) is 1.75. The first-order valence-corrected chi connectivity index (χ1v) is 4.61. The minimum Gasteiger partial charge on any atom is -0.481 e. The average Bonchev–Trinajstić information content (AvgIpc) is 2.35. The van der Waals surface area contributed by atoms with Gasteiger partial charge in [0.05, 0.1) is 10.9 Å². The summed E-state index contributed by atoms with van der Waals surface area (Å²) in [4.78, 5) is 14.7. The van der Waals surface area contributed by atoms with Crippen LogP contribution < -0.4 is 0 Å². The highest BCUT2D eigenvalue weighted by Gasteiger charge is 2.13. The molecular weight excluding hydrogens is 174 g/mol. The fraction of sp³-hybridized carbons (Fsp3) is 0.500. The van der Waals surface area contributed by atoms with Crippen molar-refractivity contribution < 1.29 is 9.90 Å². The quantitative estimate of drug-likeness (QED) is 0.780. The molecule has 12 heavy (non-hydrogen) atoms. The van der Waals surface area contributed by atoms with Crippen LogP contribution in [-0.2, 0) is 11.2 Å². The highest BCUT2D eigenvalue weighted by molar-refractivity contribution is 7.09. The Kier molecular flexibility index (Phi) is 2.81. The molecule has 1 atom stereocenters. The Hall–Kier alpha value is -0.900. The summed E-state index contributed by atoms with van der Waals surface area (Å²) in [6, 6.07) is 0. The summed E-state index contributed by atoms with van der Waals surface area (Å²) in [7, 11) is 0. The van der Waals surface area contributed by atoms with Crippen LogP contribution in [0.2, 0.25) is 0 Å². The predicted molar refractivity (Wildman–Crippen MR) is 47.4 cm³/mol. The van der Waals surface area contributed by atoms with Crippen LogP contribution in [0.5, 0.6) is 0 Å². The Morgan fingerprint density at radius 1 is 1.83 bits per heavy atom. The van der Waals surface area contributed by atoms with E-state index in [0.29, 0.717) is 6.42 Å². The molecule has 0 radical (unpaired) electrons. The molecule has 1 unspecified atom stereocenters. The molecule has 0 fully saturated rings. The van der Waals surface area contributed by atoms with Gasteiger partial charge in [-0.05, 0) is 6.92 Å². The van der Waals surface area contributed by atoms with Gasteiger partial charge in [0, 0.05) is 17.5 Å². The fourth-order valence-electron chi connectivity index (χ4n) is 0.846. The number of carboxylic acids is 1. The van der Waals surface area contributed by atoms with Crippen molar-refractivity contribution >= 4 is 17.3 Å². The van der Waals surface area contributed by atoms with Gasteiger partial charge >= 0.3 is 5.97 Å². The molecule has 4 heteroatoms. The number of aliphatic carboxylic acids is 1. The van der Waals surface area contributed by atoms with Crippen molar-refractivity contribution in [1.29, 1.82) is 0 Å². The van der Waals surface area contributed by atoms with Gasteiger partial charge in [-0.3, -0.25) is 4.79 Å². The normalized spacial score (nSPS) is 12.8. The number of nitrogens with zero attached hydrogens (tertiary/aromatic N) is 1. The Bertz CT molecular complexity index is 282. The lowest BCUT2D eigenvalue weighted by Gasteiger charge is -2.01. The van der Waals surface area contributed by atoms with Gasteiger partial charge < -0.3 is 5.11 Å². The number of aryl methyl sites for hydroxylation is 1. The van der Waals surface area contributed by atoms with Gasteiger partial charge in [0.25, 0.3) is 0 Å². The van der Waals surface area contributed by atoms with Gasteiger partial charge in [0.2, 0.25) is 0 Å². The molecule has 0 aliphatic heterocycles. The molecule has 66 valence electrons. The second kappa shape index (κ2) is 3.67. The van der Waals surface area contributed by atoms with Gasteiger partial charge in [0.15, 0.2) is 0 Å². The minimum absolute atomic E-state index is 0.337. The SMILES string of the molecule is Cc1csc(CC(C)C(=O)O)n1. The maximum Gasteiger partial charge on any atom is 0.306 e.